The number of carbonyl (C=O) groups excluding carboxylic acids is 1. The van der Waals surface area contributed by atoms with Crippen LogP contribution in [0.3, 0.4) is 0 Å². The first-order valence-electron chi connectivity index (χ1n) is 5.46. The van der Waals surface area contributed by atoms with Gasteiger partial charge in [0.1, 0.15) is 5.82 Å². The molecule has 1 aromatic heterocycles. The molecule has 0 bridgehead atoms. The third kappa shape index (κ3) is 4.14. The normalized spacial score (nSPS) is 10.3. The number of nitrogens with zero attached hydrogens (tertiary/aromatic N) is 2. The van der Waals surface area contributed by atoms with Gasteiger partial charge < -0.3 is 9.88 Å². The highest BCUT2D eigenvalue weighted by molar-refractivity contribution is 5.75. The minimum absolute atomic E-state index is 0.194. The average molecular weight is 209 g/mol. The predicted octanol–water partition coefficient (Wildman–Crippen LogP) is 1.95. The van der Waals surface area contributed by atoms with Crippen molar-refractivity contribution in [1.82, 2.24) is 14.9 Å². The summed E-state index contributed by atoms with van der Waals surface area (Å²) in [6.45, 7) is 2.70. The van der Waals surface area contributed by atoms with Crippen molar-refractivity contribution in [3.05, 3.63) is 18.2 Å². The summed E-state index contributed by atoms with van der Waals surface area (Å²) < 4.78 is 0. The van der Waals surface area contributed by atoms with Gasteiger partial charge in [0, 0.05) is 25.9 Å². The molecule has 1 rings (SSSR count). The monoisotopic (exact) mass is 209 g/mol. The van der Waals surface area contributed by atoms with Gasteiger partial charge in [-0.3, -0.25) is 4.79 Å². The second-order valence-corrected chi connectivity index (χ2v) is 3.74. The van der Waals surface area contributed by atoms with E-state index in [-0.39, 0.29) is 5.91 Å². The molecule has 0 aromatic carbocycles. The number of imidazole rings is 1. The number of rotatable bonds is 6. The Morgan fingerprint density at radius 2 is 2.33 bits per heavy atom. The van der Waals surface area contributed by atoms with Crippen molar-refractivity contribution >= 4 is 5.91 Å². The van der Waals surface area contributed by atoms with E-state index in [0.29, 0.717) is 13.0 Å². The molecule has 15 heavy (non-hydrogen) atoms. The molecule has 0 spiro atoms. The average Bonchev–Trinajstić information content (AvgIpc) is 2.70. The molecule has 0 saturated heterocycles. The Balaban J connectivity index is 2.27. The van der Waals surface area contributed by atoms with Gasteiger partial charge in [-0.15, -0.1) is 0 Å². The quantitative estimate of drug-likeness (QED) is 0.728. The highest BCUT2D eigenvalue weighted by atomic mass is 16.2. The molecular weight excluding hydrogens is 190 g/mol. The van der Waals surface area contributed by atoms with Crippen LogP contribution in [-0.2, 0) is 11.3 Å². The summed E-state index contributed by atoms with van der Waals surface area (Å²) in [4.78, 5) is 20.4. The molecule has 0 atom stereocenters. The van der Waals surface area contributed by atoms with Gasteiger partial charge in [-0.25, -0.2) is 4.98 Å². The molecule has 0 radical (unpaired) electrons. The van der Waals surface area contributed by atoms with Crippen molar-refractivity contribution in [2.24, 2.45) is 0 Å². The zero-order chi connectivity index (χ0) is 11.1. The number of hydrogen-bond acceptors (Lipinski definition) is 2. The van der Waals surface area contributed by atoms with E-state index in [1.807, 2.05) is 7.05 Å². The standard InChI is InChI=1S/C11H19N3O/c1-3-4-5-6-11(15)14(2)9-10-12-7-8-13-10/h7-8H,3-6,9H2,1-2H3,(H,12,13). The van der Waals surface area contributed by atoms with Crippen molar-refractivity contribution in [1.29, 1.82) is 0 Å². The van der Waals surface area contributed by atoms with Crippen molar-refractivity contribution in [2.75, 3.05) is 7.05 Å². The van der Waals surface area contributed by atoms with E-state index in [0.717, 1.165) is 25.1 Å². The van der Waals surface area contributed by atoms with Gasteiger partial charge in [0.15, 0.2) is 0 Å². The fourth-order valence-electron chi connectivity index (χ4n) is 1.41. The lowest BCUT2D eigenvalue weighted by atomic mass is 10.2. The van der Waals surface area contributed by atoms with E-state index in [2.05, 4.69) is 16.9 Å². The number of unbranched alkanes of at least 4 members (excludes halogenated alkanes) is 2. The Hall–Kier alpha value is -1.32. The molecule has 0 fully saturated rings. The first kappa shape index (κ1) is 11.8. The molecule has 0 aliphatic rings. The van der Waals surface area contributed by atoms with Crippen LogP contribution in [0.4, 0.5) is 0 Å². The summed E-state index contributed by atoms with van der Waals surface area (Å²) in [7, 11) is 1.82. The predicted molar refractivity (Wildman–Crippen MR) is 59.2 cm³/mol. The van der Waals surface area contributed by atoms with E-state index in [1.54, 1.807) is 17.3 Å². The smallest absolute Gasteiger partial charge is 0.222 e. The number of aromatic nitrogens is 2. The van der Waals surface area contributed by atoms with Crippen LogP contribution < -0.4 is 0 Å². The van der Waals surface area contributed by atoms with Gasteiger partial charge >= 0.3 is 0 Å². The number of aromatic amines is 1. The molecule has 84 valence electrons. The number of amides is 1. The van der Waals surface area contributed by atoms with Gasteiger partial charge in [-0.2, -0.15) is 0 Å². The molecule has 4 heteroatoms. The fourth-order valence-corrected chi connectivity index (χ4v) is 1.41. The minimum atomic E-state index is 0.194. The lowest BCUT2D eigenvalue weighted by Gasteiger charge is -2.15. The summed E-state index contributed by atoms with van der Waals surface area (Å²) >= 11 is 0. The number of carbonyl (C=O) groups is 1. The number of hydrogen-bond donors (Lipinski definition) is 1. The molecule has 1 heterocycles. The Bertz CT molecular complexity index is 282. The number of nitrogens with one attached hydrogen (secondary N) is 1. The molecule has 1 aromatic rings. The van der Waals surface area contributed by atoms with E-state index in [1.165, 1.54) is 0 Å². The zero-order valence-electron chi connectivity index (χ0n) is 9.49. The Labute approximate surface area is 90.7 Å². The van der Waals surface area contributed by atoms with Crippen molar-refractivity contribution in [3.63, 3.8) is 0 Å². The van der Waals surface area contributed by atoms with E-state index >= 15 is 0 Å². The molecule has 4 nitrogen and oxygen atoms in total. The molecule has 0 saturated carbocycles. The Morgan fingerprint density at radius 3 is 2.93 bits per heavy atom. The van der Waals surface area contributed by atoms with Crippen LogP contribution in [0.15, 0.2) is 12.4 Å². The fraction of sp³-hybridized carbons (Fsp3) is 0.636. The largest absolute Gasteiger partial charge is 0.347 e. The first-order valence-corrected chi connectivity index (χ1v) is 5.46. The van der Waals surface area contributed by atoms with Crippen LogP contribution in [0.5, 0.6) is 0 Å². The zero-order valence-corrected chi connectivity index (χ0v) is 9.49. The van der Waals surface area contributed by atoms with Crippen molar-refractivity contribution in [3.8, 4) is 0 Å². The molecule has 0 aliphatic carbocycles. The first-order chi connectivity index (χ1) is 7.24. The summed E-state index contributed by atoms with van der Waals surface area (Å²) in [5, 5.41) is 0. The van der Waals surface area contributed by atoms with Crippen LogP contribution in [-0.4, -0.2) is 27.8 Å². The van der Waals surface area contributed by atoms with Crippen LogP contribution in [0, 0.1) is 0 Å². The SMILES string of the molecule is CCCCCC(=O)N(C)Cc1ncc[nH]1. The third-order valence-electron chi connectivity index (χ3n) is 2.36. The molecule has 0 aliphatic heterocycles. The van der Waals surface area contributed by atoms with Gasteiger partial charge in [-0.1, -0.05) is 19.8 Å². The van der Waals surface area contributed by atoms with Gasteiger partial charge in [-0.05, 0) is 6.42 Å². The van der Waals surface area contributed by atoms with E-state index < -0.39 is 0 Å². The van der Waals surface area contributed by atoms with E-state index in [4.69, 9.17) is 0 Å². The Morgan fingerprint density at radius 1 is 1.53 bits per heavy atom. The summed E-state index contributed by atoms with van der Waals surface area (Å²) in [6.07, 6.45) is 7.37. The van der Waals surface area contributed by atoms with Crippen LogP contribution in [0.25, 0.3) is 0 Å². The minimum Gasteiger partial charge on any atom is -0.347 e. The maximum absolute atomic E-state index is 11.6. The van der Waals surface area contributed by atoms with Crippen molar-refractivity contribution in [2.45, 2.75) is 39.2 Å². The summed E-state index contributed by atoms with van der Waals surface area (Å²) in [6, 6.07) is 0. The third-order valence-corrected chi connectivity index (χ3v) is 2.36. The highest BCUT2D eigenvalue weighted by Gasteiger charge is 2.09. The van der Waals surface area contributed by atoms with Gasteiger partial charge in [0.05, 0.1) is 6.54 Å². The highest BCUT2D eigenvalue weighted by Crippen LogP contribution is 2.04. The summed E-state index contributed by atoms with van der Waals surface area (Å²) in [5.74, 6) is 1.03. The molecule has 1 N–H and O–H groups in total. The molecule has 0 unspecified atom stereocenters. The van der Waals surface area contributed by atoms with Crippen LogP contribution >= 0.6 is 0 Å². The summed E-state index contributed by atoms with van der Waals surface area (Å²) in [5.41, 5.74) is 0. The Kier molecular flexibility index (Phi) is 4.87. The van der Waals surface area contributed by atoms with Gasteiger partial charge in [0.2, 0.25) is 5.91 Å². The van der Waals surface area contributed by atoms with Crippen LogP contribution in [0.1, 0.15) is 38.4 Å². The van der Waals surface area contributed by atoms with E-state index in [9.17, 15) is 4.79 Å². The van der Waals surface area contributed by atoms with Crippen LogP contribution in [0.2, 0.25) is 0 Å². The topological polar surface area (TPSA) is 49.0 Å². The lowest BCUT2D eigenvalue weighted by Crippen LogP contribution is -2.26. The number of H-pyrrole nitrogens is 1. The molecule has 1 amide bonds. The maximum Gasteiger partial charge on any atom is 0.222 e. The maximum atomic E-state index is 11.6. The van der Waals surface area contributed by atoms with Crippen molar-refractivity contribution < 1.29 is 4.79 Å². The molecular formula is C11H19N3O. The second kappa shape index (κ2) is 6.22. The van der Waals surface area contributed by atoms with Gasteiger partial charge in [0.25, 0.3) is 0 Å². The second-order valence-electron chi connectivity index (χ2n) is 3.74. The lowest BCUT2D eigenvalue weighted by molar-refractivity contribution is -0.130.